The molecule has 0 radical (unpaired) electrons. The molecule has 23 heavy (non-hydrogen) atoms. The van der Waals surface area contributed by atoms with Gasteiger partial charge in [-0.2, -0.15) is 0 Å². The molecule has 0 unspecified atom stereocenters. The molecule has 0 N–H and O–H groups in total. The van der Waals surface area contributed by atoms with E-state index in [1.54, 1.807) is 12.0 Å². The number of carbonyl (C=O) groups excluding carboxylic acids is 2. The van der Waals surface area contributed by atoms with Crippen molar-refractivity contribution in [3.8, 4) is 5.75 Å². The second-order valence-corrected chi connectivity index (χ2v) is 6.23. The molecule has 0 spiro atoms. The summed E-state index contributed by atoms with van der Waals surface area (Å²) in [6, 6.07) is 6.85. The number of amides is 1. The summed E-state index contributed by atoms with van der Waals surface area (Å²) in [5.41, 5.74) is 0.928. The molecule has 5 nitrogen and oxygen atoms in total. The molecule has 0 aliphatic carbocycles. The van der Waals surface area contributed by atoms with Gasteiger partial charge in [0, 0.05) is 6.54 Å². The van der Waals surface area contributed by atoms with Crippen molar-refractivity contribution in [2.75, 3.05) is 19.5 Å². The van der Waals surface area contributed by atoms with Gasteiger partial charge < -0.3 is 14.4 Å². The lowest BCUT2D eigenvalue weighted by molar-refractivity contribution is -0.153. The highest BCUT2D eigenvalue weighted by Gasteiger charge is 2.30. The zero-order chi connectivity index (χ0) is 17.4. The molecule has 1 amide bonds. The van der Waals surface area contributed by atoms with E-state index >= 15 is 0 Å². The van der Waals surface area contributed by atoms with Crippen molar-refractivity contribution < 1.29 is 19.1 Å². The molecular formula is C17H24BrNO4. The first kappa shape index (κ1) is 19.5. The van der Waals surface area contributed by atoms with Crippen molar-refractivity contribution in [2.24, 2.45) is 5.92 Å². The summed E-state index contributed by atoms with van der Waals surface area (Å²) in [7, 11) is 2.95. The third kappa shape index (κ3) is 5.86. The Bertz CT molecular complexity index is 516. The Morgan fingerprint density at radius 2 is 1.78 bits per heavy atom. The Kier molecular flexibility index (Phi) is 8.09. The lowest BCUT2D eigenvalue weighted by Gasteiger charge is -2.30. The molecule has 0 aliphatic heterocycles. The van der Waals surface area contributed by atoms with Crippen LogP contribution in [-0.4, -0.2) is 42.4 Å². The topological polar surface area (TPSA) is 55.8 Å². The minimum atomic E-state index is -0.591. The van der Waals surface area contributed by atoms with E-state index in [9.17, 15) is 9.59 Å². The van der Waals surface area contributed by atoms with Crippen LogP contribution in [0.15, 0.2) is 24.3 Å². The molecule has 1 aromatic rings. The van der Waals surface area contributed by atoms with E-state index in [0.717, 1.165) is 11.3 Å². The SMILES string of the molecule is COC(=O)[C@@H](CC(C)C)N(Cc1ccc(OC)cc1)C(=O)CBr. The Labute approximate surface area is 146 Å². The average Bonchev–Trinajstić information content (AvgIpc) is 2.56. The normalized spacial score (nSPS) is 11.9. The lowest BCUT2D eigenvalue weighted by atomic mass is 10.0. The molecule has 0 saturated heterocycles. The first-order valence-corrected chi connectivity index (χ1v) is 8.61. The monoisotopic (exact) mass is 385 g/mol. The predicted octanol–water partition coefficient (Wildman–Crippen LogP) is 3.01. The molecule has 1 rings (SSSR count). The van der Waals surface area contributed by atoms with Gasteiger partial charge in [-0.25, -0.2) is 4.79 Å². The second-order valence-electron chi connectivity index (χ2n) is 5.67. The summed E-state index contributed by atoms with van der Waals surface area (Å²) in [5.74, 6) is 0.484. The third-order valence-corrected chi connectivity index (χ3v) is 3.97. The summed E-state index contributed by atoms with van der Waals surface area (Å²) in [5, 5.41) is 0.161. The van der Waals surface area contributed by atoms with Gasteiger partial charge in [0.05, 0.1) is 19.5 Å². The number of esters is 1. The van der Waals surface area contributed by atoms with Gasteiger partial charge in [-0.15, -0.1) is 0 Å². The van der Waals surface area contributed by atoms with Crippen LogP contribution in [-0.2, 0) is 20.9 Å². The molecule has 1 atom stereocenters. The van der Waals surface area contributed by atoms with Crippen molar-refractivity contribution in [3.05, 3.63) is 29.8 Å². The second kappa shape index (κ2) is 9.55. The Balaban J connectivity index is 3.04. The Morgan fingerprint density at radius 1 is 1.17 bits per heavy atom. The molecule has 0 aliphatic rings. The standard InChI is InChI=1S/C17H24BrNO4/c1-12(2)9-15(17(21)23-4)19(16(20)10-18)11-13-5-7-14(22-3)8-6-13/h5-8,12,15H,9-11H2,1-4H3/t15-/m1/s1. The molecule has 0 fully saturated rings. The fourth-order valence-corrected chi connectivity index (χ4v) is 2.63. The van der Waals surface area contributed by atoms with Crippen molar-refractivity contribution in [1.82, 2.24) is 4.90 Å². The zero-order valence-electron chi connectivity index (χ0n) is 14.0. The number of halogens is 1. The van der Waals surface area contributed by atoms with Gasteiger partial charge in [0.2, 0.25) is 5.91 Å². The van der Waals surface area contributed by atoms with E-state index in [2.05, 4.69) is 15.9 Å². The molecule has 0 saturated carbocycles. The smallest absolute Gasteiger partial charge is 0.328 e. The lowest BCUT2D eigenvalue weighted by Crippen LogP contribution is -2.46. The van der Waals surface area contributed by atoms with E-state index in [0.29, 0.717) is 13.0 Å². The maximum absolute atomic E-state index is 12.3. The number of methoxy groups -OCH3 is 2. The van der Waals surface area contributed by atoms with Crippen LogP contribution in [0.1, 0.15) is 25.8 Å². The van der Waals surface area contributed by atoms with Crippen LogP contribution in [0.2, 0.25) is 0 Å². The van der Waals surface area contributed by atoms with Gasteiger partial charge in [0.1, 0.15) is 11.8 Å². The van der Waals surface area contributed by atoms with Crippen molar-refractivity contribution in [2.45, 2.75) is 32.9 Å². The molecule has 0 aromatic heterocycles. The van der Waals surface area contributed by atoms with Crippen molar-refractivity contribution in [1.29, 1.82) is 0 Å². The minimum absolute atomic E-state index is 0.142. The maximum atomic E-state index is 12.3. The van der Waals surface area contributed by atoms with Gasteiger partial charge in [0.25, 0.3) is 0 Å². The quantitative estimate of drug-likeness (QED) is 0.509. The fourth-order valence-electron chi connectivity index (χ4n) is 2.31. The molecule has 1 aromatic carbocycles. The molecule has 0 heterocycles. The Morgan fingerprint density at radius 3 is 2.22 bits per heavy atom. The number of nitrogens with zero attached hydrogens (tertiary/aromatic N) is 1. The van der Waals surface area contributed by atoms with Gasteiger partial charge in [0.15, 0.2) is 0 Å². The van der Waals surface area contributed by atoms with Crippen LogP contribution in [0.3, 0.4) is 0 Å². The van der Waals surface area contributed by atoms with Crippen LogP contribution in [0.4, 0.5) is 0 Å². The van der Waals surface area contributed by atoms with E-state index in [-0.39, 0.29) is 23.1 Å². The van der Waals surface area contributed by atoms with Gasteiger partial charge in [-0.3, -0.25) is 4.79 Å². The van der Waals surface area contributed by atoms with E-state index in [1.807, 2.05) is 38.1 Å². The van der Waals surface area contributed by atoms with Crippen molar-refractivity contribution >= 4 is 27.8 Å². The van der Waals surface area contributed by atoms with Crippen molar-refractivity contribution in [3.63, 3.8) is 0 Å². The zero-order valence-corrected chi connectivity index (χ0v) is 15.6. The Hall–Kier alpha value is -1.56. The van der Waals surface area contributed by atoms with E-state index < -0.39 is 6.04 Å². The summed E-state index contributed by atoms with van der Waals surface area (Å²) in [4.78, 5) is 26.0. The van der Waals surface area contributed by atoms with Crippen LogP contribution < -0.4 is 4.74 Å². The molecule has 0 bridgehead atoms. The molecule has 6 heteroatoms. The number of alkyl halides is 1. The predicted molar refractivity (Wildman–Crippen MR) is 92.6 cm³/mol. The van der Waals surface area contributed by atoms with Crippen LogP contribution >= 0.6 is 15.9 Å². The first-order chi connectivity index (χ1) is 10.9. The number of benzene rings is 1. The maximum Gasteiger partial charge on any atom is 0.328 e. The van der Waals surface area contributed by atoms with E-state index in [4.69, 9.17) is 9.47 Å². The van der Waals surface area contributed by atoms with Crippen LogP contribution in [0.5, 0.6) is 5.75 Å². The minimum Gasteiger partial charge on any atom is -0.497 e. The van der Waals surface area contributed by atoms with Crippen LogP contribution in [0, 0.1) is 5.92 Å². The first-order valence-electron chi connectivity index (χ1n) is 7.49. The highest BCUT2D eigenvalue weighted by atomic mass is 79.9. The summed E-state index contributed by atoms with van der Waals surface area (Å²) in [6.07, 6.45) is 0.557. The van der Waals surface area contributed by atoms with E-state index in [1.165, 1.54) is 7.11 Å². The summed E-state index contributed by atoms with van der Waals surface area (Å²) in [6.45, 7) is 4.38. The number of hydrogen-bond donors (Lipinski definition) is 0. The third-order valence-electron chi connectivity index (χ3n) is 3.49. The number of hydrogen-bond acceptors (Lipinski definition) is 4. The van der Waals surface area contributed by atoms with Gasteiger partial charge in [-0.05, 0) is 30.0 Å². The number of carbonyl (C=O) groups is 2. The van der Waals surface area contributed by atoms with Gasteiger partial charge >= 0.3 is 5.97 Å². The summed E-state index contributed by atoms with van der Waals surface area (Å²) >= 11 is 3.19. The largest absolute Gasteiger partial charge is 0.497 e. The average molecular weight is 386 g/mol. The number of rotatable bonds is 8. The number of ether oxygens (including phenoxy) is 2. The molecule has 128 valence electrons. The molecular weight excluding hydrogens is 362 g/mol. The van der Waals surface area contributed by atoms with Crippen LogP contribution in [0.25, 0.3) is 0 Å². The highest BCUT2D eigenvalue weighted by molar-refractivity contribution is 9.09. The fraction of sp³-hybridized carbons (Fsp3) is 0.529. The van der Waals surface area contributed by atoms with Gasteiger partial charge in [-0.1, -0.05) is 41.9 Å². The highest BCUT2D eigenvalue weighted by Crippen LogP contribution is 2.19. The summed E-state index contributed by atoms with van der Waals surface area (Å²) < 4.78 is 10.0.